The quantitative estimate of drug-likeness (QED) is 0.362. The zero-order valence-electron chi connectivity index (χ0n) is 14.2. The first-order chi connectivity index (χ1) is 12.1. The van der Waals surface area contributed by atoms with Crippen molar-refractivity contribution >= 4 is 51.3 Å². The summed E-state index contributed by atoms with van der Waals surface area (Å²) in [4.78, 5) is 10.6. The number of piperazine rings is 1. The molecule has 1 aliphatic rings. The third kappa shape index (κ3) is 5.37. The Morgan fingerprint density at radius 2 is 2.15 bits per heavy atom. The Morgan fingerprint density at radius 1 is 1.38 bits per heavy atom. The highest BCUT2D eigenvalue weighted by atomic mass is 127. The van der Waals surface area contributed by atoms with Crippen molar-refractivity contribution in [2.24, 2.45) is 4.99 Å². The molecule has 0 atom stereocenters. The molecule has 0 unspecified atom stereocenters. The van der Waals surface area contributed by atoms with E-state index in [1.165, 1.54) is 10.6 Å². The standard InChI is InChI=1S/C14H20N6O3S2.HI/c1-15-14(17-10-13-16-3-9-24-13)19-4-6-20(7-5-19)25(21,22)11-12-2-8-23-18-12;/h2-3,8-9H,4-7,10-11H2,1H3,(H,15,17);1H. The van der Waals surface area contributed by atoms with E-state index in [1.807, 2.05) is 5.38 Å². The van der Waals surface area contributed by atoms with Gasteiger partial charge < -0.3 is 14.7 Å². The van der Waals surface area contributed by atoms with Crippen molar-refractivity contribution in [3.05, 3.63) is 34.6 Å². The number of aliphatic imine (C=N–C) groups is 1. The van der Waals surface area contributed by atoms with Crippen LogP contribution in [-0.4, -0.2) is 66.9 Å². The average Bonchev–Trinajstić information content (AvgIpc) is 3.29. The van der Waals surface area contributed by atoms with E-state index in [0.717, 1.165) is 11.0 Å². The van der Waals surface area contributed by atoms with Crippen LogP contribution in [0.2, 0.25) is 0 Å². The largest absolute Gasteiger partial charge is 0.364 e. The zero-order chi connectivity index (χ0) is 17.7. The molecular weight excluding hydrogens is 491 g/mol. The number of thiazole rings is 1. The summed E-state index contributed by atoms with van der Waals surface area (Å²) in [6.07, 6.45) is 3.14. The molecule has 0 radical (unpaired) electrons. The fourth-order valence-corrected chi connectivity index (χ4v) is 4.58. The summed E-state index contributed by atoms with van der Waals surface area (Å²) in [5, 5.41) is 9.85. The van der Waals surface area contributed by atoms with Gasteiger partial charge in [-0.3, -0.25) is 4.99 Å². The Hall–Kier alpha value is -1.25. The molecule has 0 bridgehead atoms. The molecule has 0 saturated carbocycles. The van der Waals surface area contributed by atoms with Gasteiger partial charge in [-0.15, -0.1) is 35.3 Å². The van der Waals surface area contributed by atoms with Crippen LogP contribution in [0.3, 0.4) is 0 Å². The van der Waals surface area contributed by atoms with Crippen molar-refractivity contribution in [3.8, 4) is 0 Å². The van der Waals surface area contributed by atoms with Gasteiger partial charge in [-0.05, 0) is 0 Å². The number of sulfonamides is 1. The highest BCUT2D eigenvalue weighted by molar-refractivity contribution is 14.0. The lowest BCUT2D eigenvalue weighted by molar-refractivity contribution is 0.259. The third-order valence-corrected chi connectivity index (χ3v) is 6.44. The molecule has 0 aromatic carbocycles. The van der Waals surface area contributed by atoms with Crippen molar-refractivity contribution in [1.82, 2.24) is 24.7 Å². The Labute approximate surface area is 173 Å². The summed E-state index contributed by atoms with van der Waals surface area (Å²) in [5.74, 6) is 0.615. The van der Waals surface area contributed by atoms with Crippen LogP contribution in [0.25, 0.3) is 0 Å². The second-order valence-corrected chi connectivity index (χ2v) is 8.41. The molecule has 1 fully saturated rings. The van der Waals surface area contributed by atoms with Gasteiger partial charge in [0.15, 0.2) is 5.96 Å². The normalized spacial score (nSPS) is 16.3. The van der Waals surface area contributed by atoms with Gasteiger partial charge in [0.25, 0.3) is 0 Å². The van der Waals surface area contributed by atoms with E-state index in [4.69, 9.17) is 4.52 Å². The number of aromatic nitrogens is 2. The Kier molecular flexibility index (Phi) is 7.79. The molecule has 144 valence electrons. The van der Waals surface area contributed by atoms with Gasteiger partial charge in [0.1, 0.15) is 17.0 Å². The lowest BCUT2D eigenvalue weighted by atomic mass is 10.4. The van der Waals surface area contributed by atoms with Gasteiger partial charge in [-0.25, -0.2) is 13.4 Å². The smallest absolute Gasteiger partial charge is 0.220 e. The van der Waals surface area contributed by atoms with Gasteiger partial charge in [-0.1, -0.05) is 5.16 Å². The van der Waals surface area contributed by atoms with E-state index in [1.54, 1.807) is 30.6 Å². The Morgan fingerprint density at radius 3 is 2.73 bits per heavy atom. The fraction of sp³-hybridized carbons (Fsp3) is 0.500. The second-order valence-electron chi connectivity index (χ2n) is 5.46. The highest BCUT2D eigenvalue weighted by Gasteiger charge is 2.28. The summed E-state index contributed by atoms with van der Waals surface area (Å²) < 4.78 is 31.1. The second kappa shape index (κ2) is 9.62. The van der Waals surface area contributed by atoms with Crippen molar-refractivity contribution in [2.45, 2.75) is 12.3 Å². The molecule has 9 nitrogen and oxygen atoms in total. The fourth-order valence-electron chi connectivity index (χ4n) is 2.60. The van der Waals surface area contributed by atoms with E-state index >= 15 is 0 Å². The molecule has 3 rings (SSSR count). The summed E-state index contributed by atoms with van der Waals surface area (Å²) in [6.45, 7) is 2.59. The van der Waals surface area contributed by atoms with Crippen LogP contribution in [0.1, 0.15) is 10.7 Å². The van der Waals surface area contributed by atoms with Crippen LogP contribution < -0.4 is 5.32 Å². The van der Waals surface area contributed by atoms with E-state index in [2.05, 4.69) is 25.3 Å². The lowest BCUT2D eigenvalue weighted by Gasteiger charge is -2.35. The van der Waals surface area contributed by atoms with Crippen molar-refractivity contribution in [1.29, 1.82) is 0 Å². The molecule has 0 amide bonds. The lowest BCUT2D eigenvalue weighted by Crippen LogP contribution is -2.53. The van der Waals surface area contributed by atoms with Crippen molar-refractivity contribution < 1.29 is 12.9 Å². The topological polar surface area (TPSA) is 104 Å². The van der Waals surface area contributed by atoms with Crippen LogP contribution in [0, 0.1) is 0 Å². The molecule has 26 heavy (non-hydrogen) atoms. The molecule has 2 aromatic heterocycles. The Bertz CT molecular complexity index is 787. The molecular formula is C14H21IN6O3S2. The Balaban J connectivity index is 0.00000243. The number of halogens is 1. The maximum atomic E-state index is 12.5. The number of nitrogens with zero attached hydrogens (tertiary/aromatic N) is 5. The van der Waals surface area contributed by atoms with Crippen molar-refractivity contribution in [2.75, 3.05) is 33.2 Å². The monoisotopic (exact) mass is 512 g/mol. The molecule has 1 saturated heterocycles. The van der Waals surface area contributed by atoms with Gasteiger partial charge in [0, 0.05) is 50.9 Å². The maximum Gasteiger partial charge on any atom is 0.220 e. The molecule has 12 heteroatoms. The van der Waals surface area contributed by atoms with Crippen LogP contribution in [0.5, 0.6) is 0 Å². The molecule has 1 aliphatic heterocycles. The SMILES string of the molecule is CN=C(NCc1nccs1)N1CCN(S(=O)(=O)Cc2ccon2)CC1.I. The predicted octanol–water partition coefficient (Wildman–Crippen LogP) is 0.972. The number of rotatable bonds is 5. The first kappa shape index (κ1) is 21.1. The van der Waals surface area contributed by atoms with E-state index in [9.17, 15) is 8.42 Å². The van der Waals surface area contributed by atoms with Crippen LogP contribution in [0.15, 0.2) is 33.4 Å². The van der Waals surface area contributed by atoms with Crippen molar-refractivity contribution in [3.63, 3.8) is 0 Å². The third-order valence-electron chi connectivity index (χ3n) is 3.85. The van der Waals surface area contributed by atoms with Crippen LogP contribution >= 0.6 is 35.3 Å². The number of hydrogen-bond donors (Lipinski definition) is 1. The van der Waals surface area contributed by atoms with Gasteiger partial charge in [0.2, 0.25) is 10.0 Å². The maximum absolute atomic E-state index is 12.5. The molecule has 0 spiro atoms. The number of nitrogens with one attached hydrogen (secondary N) is 1. The summed E-state index contributed by atoms with van der Waals surface area (Å²) >= 11 is 1.58. The zero-order valence-corrected chi connectivity index (χ0v) is 18.2. The average molecular weight is 512 g/mol. The van der Waals surface area contributed by atoms with Gasteiger partial charge in [0.05, 0.1) is 12.2 Å². The molecule has 0 aliphatic carbocycles. The first-order valence-electron chi connectivity index (χ1n) is 7.79. The van der Waals surface area contributed by atoms with Gasteiger partial charge >= 0.3 is 0 Å². The summed E-state index contributed by atoms with van der Waals surface area (Å²) in [5.41, 5.74) is 0.420. The predicted molar refractivity (Wildman–Crippen MR) is 110 cm³/mol. The minimum absolute atomic E-state index is 0. The molecule has 2 aromatic rings. The molecule has 3 heterocycles. The summed E-state index contributed by atoms with van der Waals surface area (Å²) in [6, 6.07) is 1.57. The minimum Gasteiger partial charge on any atom is -0.364 e. The van der Waals surface area contributed by atoms with E-state index in [-0.39, 0.29) is 29.7 Å². The van der Waals surface area contributed by atoms with Gasteiger partial charge in [-0.2, -0.15) is 4.31 Å². The first-order valence-corrected chi connectivity index (χ1v) is 10.3. The molecule has 1 N–H and O–H groups in total. The number of hydrogen-bond acceptors (Lipinski definition) is 7. The van der Waals surface area contributed by atoms with E-state index < -0.39 is 10.0 Å². The van der Waals surface area contributed by atoms with E-state index in [0.29, 0.717) is 38.4 Å². The minimum atomic E-state index is -3.39. The van der Waals surface area contributed by atoms with Crippen LogP contribution in [0.4, 0.5) is 0 Å². The van der Waals surface area contributed by atoms with Crippen LogP contribution in [-0.2, 0) is 22.3 Å². The number of guanidine groups is 1. The summed E-state index contributed by atoms with van der Waals surface area (Å²) in [7, 11) is -1.67. The highest BCUT2D eigenvalue weighted by Crippen LogP contribution is 2.13.